The van der Waals surface area contributed by atoms with Gasteiger partial charge in [-0.25, -0.2) is 8.78 Å². The van der Waals surface area contributed by atoms with E-state index in [2.05, 4.69) is 34.7 Å². The number of hydrogen-bond donors (Lipinski definition) is 0. The van der Waals surface area contributed by atoms with Crippen LogP contribution in [0.2, 0.25) is 0 Å². The van der Waals surface area contributed by atoms with E-state index in [1.54, 1.807) is 4.90 Å². The van der Waals surface area contributed by atoms with Crippen molar-refractivity contribution in [2.24, 2.45) is 0 Å². The lowest BCUT2D eigenvalue weighted by atomic mass is 10.1. The number of benzene rings is 1. The van der Waals surface area contributed by atoms with Gasteiger partial charge in [-0.15, -0.1) is 0 Å². The monoisotopic (exact) mass is 346 g/mol. The van der Waals surface area contributed by atoms with Gasteiger partial charge < -0.3 is 4.90 Å². The van der Waals surface area contributed by atoms with Crippen molar-refractivity contribution in [2.45, 2.75) is 19.9 Å². The van der Waals surface area contributed by atoms with Crippen LogP contribution in [-0.4, -0.2) is 47.9 Å². The molecule has 0 spiro atoms. The predicted octanol–water partition coefficient (Wildman–Crippen LogP) is 2.89. The van der Waals surface area contributed by atoms with Crippen LogP contribution in [0, 0.1) is 11.6 Å². The zero-order valence-electron chi connectivity index (χ0n) is 11.5. The predicted molar refractivity (Wildman–Crippen MR) is 76.7 cm³/mol. The minimum Gasteiger partial charge on any atom is -0.336 e. The summed E-state index contributed by atoms with van der Waals surface area (Å²) in [7, 11) is 0. The normalized spacial score (nSPS) is 16.8. The first-order valence-corrected chi connectivity index (χ1v) is 7.37. The molecule has 1 fully saturated rings. The second-order valence-corrected chi connectivity index (χ2v) is 6.02. The molecule has 0 atom stereocenters. The van der Waals surface area contributed by atoms with Crippen LogP contribution in [0.3, 0.4) is 0 Å². The highest BCUT2D eigenvalue weighted by atomic mass is 79.9. The first-order valence-electron chi connectivity index (χ1n) is 6.58. The summed E-state index contributed by atoms with van der Waals surface area (Å²) in [5.74, 6) is -1.91. The number of piperazine rings is 1. The number of carbonyl (C=O) groups excluding carboxylic acids is 1. The summed E-state index contributed by atoms with van der Waals surface area (Å²) in [4.78, 5) is 16.2. The van der Waals surface area contributed by atoms with Crippen molar-refractivity contribution in [3.63, 3.8) is 0 Å². The van der Waals surface area contributed by atoms with E-state index in [0.717, 1.165) is 19.2 Å². The average Bonchev–Trinajstić information content (AvgIpc) is 2.42. The summed E-state index contributed by atoms with van der Waals surface area (Å²) in [5.41, 5.74) is -0.0868. The van der Waals surface area contributed by atoms with Crippen LogP contribution < -0.4 is 0 Å². The molecule has 1 aromatic carbocycles. The maximum atomic E-state index is 13.7. The fourth-order valence-corrected chi connectivity index (χ4v) is 2.64. The van der Waals surface area contributed by atoms with Gasteiger partial charge in [-0.2, -0.15) is 0 Å². The van der Waals surface area contributed by atoms with Crippen LogP contribution in [0.15, 0.2) is 16.6 Å². The SMILES string of the molecule is CC(C)N1CCN(C(=O)c2cc(Br)c(F)cc2F)CC1. The van der Waals surface area contributed by atoms with E-state index in [0.29, 0.717) is 19.1 Å². The molecule has 0 radical (unpaired) electrons. The van der Waals surface area contributed by atoms with E-state index >= 15 is 0 Å². The Morgan fingerprint density at radius 3 is 2.30 bits per heavy atom. The summed E-state index contributed by atoms with van der Waals surface area (Å²) in [5, 5.41) is 0. The van der Waals surface area contributed by atoms with E-state index in [1.807, 2.05) is 0 Å². The molecule has 110 valence electrons. The summed E-state index contributed by atoms with van der Waals surface area (Å²) < 4.78 is 27.0. The Hall–Kier alpha value is -1.01. The van der Waals surface area contributed by atoms with Crippen LogP contribution in [-0.2, 0) is 0 Å². The van der Waals surface area contributed by atoms with Gasteiger partial charge in [0.1, 0.15) is 11.6 Å². The van der Waals surface area contributed by atoms with Crippen molar-refractivity contribution >= 4 is 21.8 Å². The maximum absolute atomic E-state index is 13.7. The van der Waals surface area contributed by atoms with Gasteiger partial charge in [0, 0.05) is 38.3 Å². The Bertz CT molecular complexity index is 514. The molecule has 2 rings (SSSR count). The number of amides is 1. The molecule has 1 aromatic rings. The minimum atomic E-state index is -0.818. The van der Waals surface area contributed by atoms with E-state index in [-0.39, 0.29) is 15.9 Å². The molecular formula is C14H17BrF2N2O. The summed E-state index contributed by atoms with van der Waals surface area (Å²) in [6.07, 6.45) is 0. The molecule has 1 amide bonds. The zero-order valence-corrected chi connectivity index (χ0v) is 13.1. The second-order valence-electron chi connectivity index (χ2n) is 5.17. The van der Waals surface area contributed by atoms with Gasteiger partial charge in [-0.3, -0.25) is 9.69 Å². The van der Waals surface area contributed by atoms with Gasteiger partial charge in [0.15, 0.2) is 0 Å². The molecule has 1 heterocycles. The number of nitrogens with zero attached hydrogens (tertiary/aromatic N) is 2. The van der Waals surface area contributed by atoms with Gasteiger partial charge in [0.2, 0.25) is 0 Å². The Morgan fingerprint density at radius 1 is 1.15 bits per heavy atom. The van der Waals surface area contributed by atoms with Crippen LogP contribution in [0.4, 0.5) is 8.78 Å². The van der Waals surface area contributed by atoms with Crippen molar-refractivity contribution in [1.29, 1.82) is 0 Å². The van der Waals surface area contributed by atoms with Gasteiger partial charge in [0.25, 0.3) is 5.91 Å². The van der Waals surface area contributed by atoms with Gasteiger partial charge in [0.05, 0.1) is 10.0 Å². The minimum absolute atomic E-state index is 0.0868. The Labute approximate surface area is 125 Å². The number of hydrogen-bond acceptors (Lipinski definition) is 2. The Morgan fingerprint density at radius 2 is 1.75 bits per heavy atom. The van der Waals surface area contributed by atoms with Crippen molar-refractivity contribution in [2.75, 3.05) is 26.2 Å². The van der Waals surface area contributed by atoms with Crippen molar-refractivity contribution < 1.29 is 13.6 Å². The molecule has 0 aromatic heterocycles. The fourth-order valence-electron chi connectivity index (χ4n) is 2.30. The third kappa shape index (κ3) is 3.17. The number of rotatable bonds is 2. The molecule has 1 aliphatic heterocycles. The lowest BCUT2D eigenvalue weighted by Crippen LogP contribution is -2.50. The van der Waals surface area contributed by atoms with E-state index in [9.17, 15) is 13.6 Å². The van der Waals surface area contributed by atoms with Crippen LogP contribution in [0.1, 0.15) is 24.2 Å². The average molecular weight is 347 g/mol. The fraction of sp³-hybridized carbons (Fsp3) is 0.500. The van der Waals surface area contributed by atoms with Crippen LogP contribution in [0.25, 0.3) is 0 Å². The van der Waals surface area contributed by atoms with E-state index in [4.69, 9.17) is 0 Å². The van der Waals surface area contributed by atoms with Gasteiger partial charge >= 0.3 is 0 Å². The topological polar surface area (TPSA) is 23.6 Å². The molecule has 0 aliphatic carbocycles. The highest BCUT2D eigenvalue weighted by Gasteiger charge is 2.25. The smallest absolute Gasteiger partial charge is 0.256 e. The first-order chi connectivity index (χ1) is 9.40. The standard InChI is InChI=1S/C14H17BrF2N2O/c1-9(2)18-3-5-19(6-4-18)14(20)10-7-11(15)13(17)8-12(10)16/h7-9H,3-6H2,1-2H3. The molecule has 1 saturated heterocycles. The maximum Gasteiger partial charge on any atom is 0.256 e. The molecule has 0 unspecified atom stereocenters. The van der Waals surface area contributed by atoms with Gasteiger partial charge in [-0.05, 0) is 35.8 Å². The van der Waals surface area contributed by atoms with E-state index in [1.165, 1.54) is 6.07 Å². The Balaban J connectivity index is 2.11. The molecule has 0 N–H and O–H groups in total. The second kappa shape index (κ2) is 6.18. The van der Waals surface area contributed by atoms with Crippen LogP contribution >= 0.6 is 15.9 Å². The van der Waals surface area contributed by atoms with E-state index < -0.39 is 11.6 Å². The largest absolute Gasteiger partial charge is 0.336 e. The van der Waals surface area contributed by atoms with Crippen molar-refractivity contribution in [3.05, 3.63) is 33.8 Å². The third-order valence-electron chi connectivity index (χ3n) is 3.57. The number of carbonyl (C=O) groups is 1. The molecule has 6 heteroatoms. The molecule has 0 bridgehead atoms. The number of halogens is 3. The van der Waals surface area contributed by atoms with Crippen molar-refractivity contribution in [1.82, 2.24) is 9.80 Å². The summed E-state index contributed by atoms with van der Waals surface area (Å²) in [6, 6.07) is 2.38. The molecule has 20 heavy (non-hydrogen) atoms. The molecule has 0 saturated carbocycles. The highest BCUT2D eigenvalue weighted by molar-refractivity contribution is 9.10. The first kappa shape index (κ1) is 15.4. The molecular weight excluding hydrogens is 330 g/mol. The lowest BCUT2D eigenvalue weighted by Gasteiger charge is -2.37. The van der Waals surface area contributed by atoms with Gasteiger partial charge in [-0.1, -0.05) is 0 Å². The molecule has 1 aliphatic rings. The molecule has 3 nitrogen and oxygen atoms in total. The highest BCUT2D eigenvalue weighted by Crippen LogP contribution is 2.21. The van der Waals surface area contributed by atoms with Crippen LogP contribution in [0.5, 0.6) is 0 Å². The lowest BCUT2D eigenvalue weighted by molar-refractivity contribution is 0.0591. The summed E-state index contributed by atoms with van der Waals surface area (Å²) in [6.45, 7) is 6.88. The zero-order chi connectivity index (χ0) is 14.9. The third-order valence-corrected chi connectivity index (χ3v) is 4.18. The summed E-state index contributed by atoms with van der Waals surface area (Å²) >= 11 is 2.98. The quantitative estimate of drug-likeness (QED) is 0.768. The Kier molecular flexibility index (Phi) is 4.75. The van der Waals surface area contributed by atoms with Crippen molar-refractivity contribution in [3.8, 4) is 0 Å².